The average Bonchev–Trinajstić information content (AvgIpc) is 2.51. The molecular weight excluding hydrogens is 266 g/mol. The highest BCUT2D eigenvalue weighted by atomic mass is 16.5. The fraction of sp³-hybridized carbons (Fsp3) is 0.250. The molecule has 1 rings (SSSR count). The van der Waals surface area contributed by atoms with Crippen molar-refractivity contribution in [3.63, 3.8) is 0 Å². The Hall–Kier alpha value is -2.74. The molecule has 0 saturated heterocycles. The third kappa shape index (κ3) is 4.69. The van der Waals surface area contributed by atoms with Crippen LogP contribution in [0.5, 0.6) is 11.5 Å². The lowest BCUT2D eigenvalue weighted by Crippen LogP contribution is -2.05. The van der Waals surface area contributed by atoms with Crippen molar-refractivity contribution < 1.29 is 9.47 Å². The molecule has 0 aromatic heterocycles. The second-order valence-electron chi connectivity index (χ2n) is 4.13. The van der Waals surface area contributed by atoms with Crippen LogP contribution in [0.3, 0.4) is 0 Å². The van der Waals surface area contributed by atoms with Crippen LogP contribution < -0.4 is 15.2 Å². The summed E-state index contributed by atoms with van der Waals surface area (Å²) in [6.07, 6.45) is 1.54. The van der Waals surface area contributed by atoms with E-state index in [0.717, 1.165) is 0 Å². The Morgan fingerprint density at radius 3 is 2.29 bits per heavy atom. The van der Waals surface area contributed by atoms with E-state index in [1.165, 1.54) is 0 Å². The van der Waals surface area contributed by atoms with Gasteiger partial charge in [0.15, 0.2) is 0 Å². The first-order valence-corrected chi connectivity index (χ1v) is 6.30. The summed E-state index contributed by atoms with van der Waals surface area (Å²) >= 11 is 0. The smallest absolute Gasteiger partial charge is 0.149 e. The van der Waals surface area contributed by atoms with Gasteiger partial charge in [-0.3, -0.25) is 5.41 Å². The van der Waals surface area contributed by atoms with Gasteiger partial charge in [-0.15, -0.1) is 0 Å². The molecule has 21 heavy (non-hydrogen) atoms. The lowest BCUT2D eigenvalue weighted by molar-refractivity contribution is 0.394. The van der Waals surface area contributed by atoms with Gasteiger partial charge in [0, 0.05) is 23.4 Å². The SMILES string of the molecule is CC=NC(=N)C(C)=C(N)C#Cc1cc(OC)cc(OC)c1. The number of benzene rings is 1. The topological polar surface area (TPSA) is 80.7 Å². The van der Waals surface area contributed by atoms with Crippen molar-refractivity contribution in [2.75, 3.05) is 14.2 Å². The van der Waals surface area contributed by atoms with Crippen LogP contribution in [0.4, 0.5) is 0 Å². The van der Waals surface area contributed by atoms with E-state index in [1.54, 1.807) is 52.5 Å². The van der Waals surface area contributed by atoms with Crippen LogP contribution in [0.1, 0.15) is 19.4 Å². The van der Waals surface area contributed by atoms with Crippen molar-refractivity contribution in [1.82, 2.24) is 0 Å². The van der Waals surface area contributed by atoms with Crippen LogP contribution >= 0.6 is 0 Å². The first-order chi connectivity index (χ1) is 10.0. The molecule has 0 atom stereocenters. The van der Waals surface area contributed by atoms with Crippen molar-refractivity contribution in [3.8, 4) is 23.3 Å². The van der Waals surface area contributed by atoms with Crippen molar-refractivity contribution in [3.05, 3.63) is 35.0 Å². The van der Waals surface area contributed by atoms with Gasteiger partial charge in [0.25, 0.3) is 0 Å². The summed E-state index contributed by atoms with van der Waals surface area (Å²) in [6, 6.07) is 5.34. The predicted molar refractivity (Wildman–Crippen MR) is 85.2 cm³/mol. The fourth-order valence-electron chi connectivity index (χ4n) is 1.47. The van der Waals surface area contributed by atoms with Gasteiger partial charge in [-0.1, -0.05) is 5.92 Å². The number of hydrogen-bond donors (Lipinski definition) is 2. The second kappa shape index (κ2) is 7.75. The van der Waals surface area contributed by atoms with E-state index >= 15 is 0 Å². The van der Waals surface area contributed by atoms with Crippen LogP contribution in [0.25, 0.3) is 0 Å². The lowest BCUT2D eigenvalue weighted by Gasteiger charge is -2.04. The summed E-state index contributed by atoms with van der Waals surface area (Å²) in [6.45, 7) is 3.46. The highest BCUT2D eigenvalue weighted by Crippen LogP contribution is 2.21. The summed E-state index contributed by atoms with van der Waals surface area (Å²) in [5.74, 6) is 7.16. The molecule has 0 bridgehead atoms. The molecule has 5 heteroatoms. The van der Waals surface area contributed by atoms with Crippen molar-refractivity contribution in [2.45, 2.75) is 13.8 Å². The number of ether oxygens (including phenoxy) is 2. The zero-order valence-corrected chi connectivity index (χ0v) is 12.7. The largest absolute Gasteiger partial charge is 0.497 e. The van der Waals surface area contributed by atoms with Crippen LogP contribution in [-0.4, -0.2) is 26.3 Å². The highest BCUT2D eigenvalue weighted by Gasteiger charge is 2.02. The third-order valence-corrected chi connectivity index (χ3v) is 2.71. The van der Waals surface area contributed by atoms with Crippen LogP contribution in [0.2, 0.25) is 0 Å². The van der Waals surface area contributed by atoms with Gasteiger partial charge in [-0.25, -0.2) is 4.99 Å². The molecule has 1 aromatic rings. The maximum atomic E-state index is 7.69. The second-order valence-corrected chi connectivity index (χ2v) is 4.13. The van der Waals surface area contributed by atoms with Crippen LogP contribution in [-0.2, 0) is 0 Å². The molecule has 0 radical (unpaired) electrons. The molecule has 0 aliphatic rings. The quantitative estimate of drug-likeness (QED) is 0.508. The average molecular weight is 285 g/mol. The van der Waals surface area contributed by atoms with E-state index in [0.29, 0.717) is 28.3 Å². The van der Waals surface area contributed by atoms with Gasteiger partial charge in [0.2, 0.25) is 0 Å². The number of rotatable bonds is 3. The Kier molecular flexibility index (Phi) is 6.02. The summed E-state index contributed by atoms with van der Waals surface area (Å²) in [4.78, 5) is 3.87. The number of amidine groups is 1. The molecule has 0 unspecified atom stereocenters. The van der Waals surface area contributed by atoms with E-state index < -0.39 is 0 Å². The first kappa shape index (κ1) is 16.3. The first-order valence-electron chi connectivity index (χ1n) is 6.30. The maximum absolute atomic E-state index is 7.69. The van der Waals surface area contributed by atoms with E-state index in [9.17, 15) is 0 Å². The van der Waals surface area contributed by atoms with Gasteiger partial charge in [-0.2, -0.15) is 0 Å². The number of nitrogens with one attached hydrogen (secondary N) is 1. The van der Waals surface area contributed by atoms with Crippen molar-refractivity contribution >= 4 is 12.1 Å². The Bertz CT molecular complexity index is 627. The Labute approximate surface area is 125 Å². The lowest BCUT2D eigenvalue weighted by atomic mass is 10.1. The Balaban J connectivity index is 3.12. The van der Waals surface area contributed by atoms with E-state index in [2.05, 4.69) is 16.8 Å². The zero-order chi connectivity index (χ0) is 15.8. The summed E-state index contributed by atoms with van der Waals surface area (Å²) in [5.41, 5.74) is 7.43. The van der Waals surface area contributed by atoms with E-state index in [4.69, 9.17) is 20.6 Å². The molecule has 0 saturated carbocycles. The third-order valence-electron chi connectivity index (χ3n) is 2.71. The molecule has 0 aliphatic carbocycles. The van der Waals surface area contributed by atoms with Gasteiger partial charge >= 0.3 is 0 Å². The zero-order valence-electron chi connectivity index (χ0n) is 12.7. The highest BCUT2D eigenvalue weighted by molar-refractivity contribution is 6.00. The number of aliphatic imine (C=N–C) groups is 1. The number of nitrogens with two attached hydrogens (primary N) is 1. The number of allylic oxidation sites excluding steroid dienone is 1. The minimum atomic E-state index is 0.104. The van der Waals surface area contributed by atoms with E-state index in [1.807, 2.05) is 0 Å². The van der Waals surface area contributed by atoms with Gasteiger partial charge in [0.05, 0.1) is 19.9 Å². The molecule has 0 aliphatic heterocycles. The molecule has 3 N–H and O–H groups in total. The molecule has 1 aromatic carbocycles. The Morgan fingerprint density at radius 1 is 1.24 bits per heavy atom. The molecule has 110 valence electrons. The van der Waals surface area contributed by atoms with Crippen LogP contribution in [0.15, 0.2) is 34.5 Å². The molecule has 5 nitrogen and oxygen atoms in total. The van der Waals surface area contributed by atoms with Crippen molar-refractivity contribution in [1.29, 1.82) is 5.41 Å². The predicted octanol–water partition coefficient (Wildman–Crippen LogP) is 2.36. The number of hydrogen-bond acceptors (Lipinski definition) is 4. The molecule has 0 fully saturated rings. The summed E-state index contributed by atoms with van der Waals surface area (Å²) in [7, 11) is 3.16. The molecule has 0 heterocycles. The molecule has 0 spiro atoms. The van der Waals surface area contributed by atoms with Gasteiger partial charge < -0.3 is 15.2 Å². The number of methoxy groups -OCH3 is 2. The fourth-order valence-corrected chi connectivity index (χ4v) is 1.47. The van der Waals surface area contributed by atoms with E-state index in [-0.39, 0.29) is 5.84 Å². The molecule has 0 amide bonds. The number of nitrogens with zero attached hydrogens (tertiary/aromatic N) is 1. The minimum Gasteiger partial charge on any atom is -0.497 e. The minimum absolute atomic E-state index is 0.104. The normalized spacial score (nSPS) is 11.4. The standard InChI is InChI=1S/C16H19N3O2/c1-5-19-16(18)11(2)15(17)7-6-12-8-13(20-3)10-14(9-12)21-4/h5,8-10,18H,17H2,1-4H3. The summed E-state index contributed by atoms with van der Waals surface area (Å²) < 4.78 is 10.4. The van der Waals surface area contributed by atoms with Gasteiger partial charge in [0.1, 0.15) is 17.3 Å². The molecular formula is C16H19N3O2. The Morgan fingerprint density at radius 2 is 1.81 bits per heavy atom. The van der Waals surface area contributed by atoms with Gasteiger partial charge in [-0.05, 0) is 31.9 Å². The summed E-state index contributed by atoms with van der Waals surface area (Å²) in [5, 5.41) is 7.69. The monoisotopic (exact) mass is 285 g/mol. The van der Waals surface area contributed by atoms with Crippen LogP contribution in [0, 0.1) is 17.3 Å². The van der Waals surface area contributed by atoms with Crippen molar-refractivity contribution in [2.24, 2.45) is 10.7 Å². The maximum Gasteiger partial charge on any atom is 0.149 e.